The van der Waals surface area contributed by atoms with Gasteiger partial charge in [0.1, 0.15) is 5.82 Å². The zero-order valence-corrected chi connectivity index (χ0v) is 17.3. The molecule has 1 N–H and O–H groups in total. The van der Waals surface area contributed by atoms with Crippen LogP contribution in [0.3, 0.4) is 0 Å². The number of carbonyl (C=O) groups is 1. The molecule has 4 rings (SSSR count). The summed E-state index contributed by atoms with van der Waals surface area (Å²) in [5, 5.41) is 2.89. The van der Waals surface area contributed by atoms with Gasteiger partial charge in [-0.15, -0.1) is 6.58 Å². The number of nitrogens with one attached hydrogen (secondary N) is 1. The first-order chi connectivity index (χ1) is 14.2. The number of hydrogen-bond acceptors (Lipinski definition) is 7. The molecule has 1 aromatic heterocycles. The molecule has 0 radical (unpaired) electrons. The average molecular weight is 402 g/mol. The standard InChI is InChI=1S/C20H31N7O2/c1-3-5-21-20(28)27-6-4-17-16(15-27)18(25-9-7-24(2)8-10-25)23-19(22-17)26-11-13-29-14-12-26/h3H,1,4-15H2,2H3,(H,21,28). The van der Waals surface area contributed by atoms with Gasteiger partial charge in [-0.1, -0.05) is 6.08 Å². The zero-order chi connectivity index (χ0) is 20.2. The normalized spacial score (nSPS) is 20.4. The molecular formula is C20H31N7O2. The average Bonchev–Trinajstić information content (AvgIpc) is 2.77. The summed E-state index contributed by atoms with van der Waals surface area (Å²) in [7, 11) is 2.15. The Bertz CT molecular complexity index is 743. The van der Waals surface area contributed by atoms with Gasteiger partial charge in [0, 0.05) is 64.3 Å². The highest BCUT2D eigenvalue weighted by atomic mass is 16.5. The first-order valence-corrected chi connectivity index (χ1v) is 10.5. The Morgan fingerprint density at radius 1 is 1.10 bits per heavy atom. The minimum Gasteiger partial charge on any atom is -0.378 e. The van der Waals surface area contributed by atoms with Crippen molar-refractivity contribution < 1.29 is 9.53 Å². The van der Waals surface area contributed by atoms with E-state index in [9.17, 15) is 4.79 Å². The van der Waals surface area contributed by atoms with Crippen LogP contribution in [-0.4, -0.2) is 98.4 Å². The maximum Gasteiger partial charge on any atom is 0.317 e. The monoisotopic (exact) mass is 401 g/mol. The van der Waals surface area contributed by atoms with Gasteiger partial charge < -0.3 is 29.7 Å². The third-order valence-corrected chi connectivity index (χ3v) is 5.81. The Morgan fingerprint density at radius 3 is 2.59 bits per heavy atom. The highest BCUT2D eigenvalue weighted by Gasteiger charge is 2.29. The quantitative estimate of drug-likeness (QED) is 0.728. The number of anilines is 2. The van der Waals surface area contributed by atoms with Gasteiger partial charge in [-0.3, -0.25) is 0 Å². The van der Waals surface area contributed by atoms with E-state index in [0.29, 0.717) is 32.8 Å². The third kappa shape index (κ3) is 4.45. The van der Waals surface area contributed by atoms with Gasteiger partial charge in [-0.2, -0.15) is 4.98 Å². The summed E-state index contributed by atoms with van der Waals surface area (Å²) >= 11 is 0. The molecule has 0 unspecified atom stereocenters. The topological polar surface area (TPSA) is 77.1 Å². The molecule has 0 spiro atoms. The number of rotatable bonds is 4. The molecule has 0 atom stereocenters. The number of amides is 2. The van der Waals surface area contributed by atoms with Crippen LogP contribution in [0.25, 0.3) is 0 Å². The molecule has 9 nitrogen and oxygen atoms in total. The number of fused-ring (bicyclic) bond motifs is 1. The molecule has 2 saturated heterocycles. The molecule has 2 fully saturated rings. The van der Waals surface area contributed by atoms with Gasteiger partial charge in [-0.05, 0) is 7.05 Å². The van der Waals surface area contributed by atoms with Gasteiger partial charge in [0.25, 0.3) is 0 Å². The van der Waals surface area contributed by atoms with Crippen LogP contribution in [0.5, 0.6) is 0 Å². The zero-order valence-electron chi connectivity index (χ0n) is 17.3. The van der Waals surface area contributed by atoms with Gasteiger partial charge in [0.2, 0.25) is 5.95 Å². The van der Waals surface area contributed by atoms with E-state index in [1.165, 1.54) is 0 Å². The number of morpholine rings is 1. The lowest BCUT2D eigenvalue weighted by Gasteiger charge is -2.38. The van der Waals surface area contributed by atoms with Crippen LogP contribution in [0.15, 0.2) is 12.7 Å². The highest BCUT2D eigenvalue weighted by Crippen LogP contribution is 2.30. The molecule has 4 heterocycles. The van der Waals surface area contributed by atoms with Crippen LogP contribution in [0.4, 0.5) is 16.6 Å². The summed E-state index contributed by atoms with van der Waals surface area (Å²) in [6, 6.07) is -0.0582. The molecule has 0 aromatic carbocycles. The molecule has 3 aliphatic heterocycles. The summed E-state index contributed by atoms with van der Waals surface area (Å²) in [5.74, 6) is 1.79. The second-order valence-corrected chi connectivity index (χ2v) is 7.81. The lowest BCUT2D eigenvalue weighted by atomic mass is 10.1. The molecule has 1 aromatic rings. The summed E-state index contributed by atoms with van der Waals surface area (Å²) in [6.07, 6.45) is 2.45. The van der Waals surface area contributed by atoms with Crippen molar-refractivity contribution in [3.8, 4) is 0 Å². The van der Waals surface area contributed by atoms with Crippen LogP contribution in [0.1, 0.15) is 11.3 Å². The summed E-state index contributed by atoms with van der Waals surface area (Å²) in [5.41, 5.74) is 2.16. The van der Waals surface area contributed by atoms with Gasteiger partial charge in [-0.25, -0.2) is 9.78 Å². The number of ether oxygens (including phenoxy) is 1. The Kier molecular flexibility index (Phi) is 6.15. The molecular weight excluding hydrogens is 370 g/mol. The smallest absolute Gasteiger partial charge is 0.317 e. The van der Waals surface area contributed by atoms with Gasteiger partial charge in [0.15, 0.2) is 0 Å². The molecule has 0 aliphatic carbocycles. The summed E-state index contributed by atoms with van der Waals surface area (Å²) in [4.78, 5) is 31.2. The Morgan fingerprint density at radius 2 is 1.86 bits per heavy atom. The fourth-order valence-electron chi connectivity index (χ4n) is 4.01. The maximum absolute atomic E-state index is 12.5. The van der Waals surface area contributed by atoms with Gasteiger partial charge in [0.05, 0.1) is 25.5 Å². The number of likely N-dealkylation sites (N-methyl/N-ethyl adjacent to an activating group) is 1. The lowest BCUT2D eigenvalue weighted by molar-refractivity contribution is 0.122. The minimum atomic E-state index is -0.0582. The summed E-state index contributed by atoms with van der Waals surface area (Å²) < 4.78 is 5.49. The van der Waals surface area contributed by atoms with Crippen molar-refractivity contribution in [3.05, 3.63) is 23.9 Å². The van der Waals surface area contributed by atoms with E-state index in [4.69, 9.17) is 14.7 Å². The third-order valence-electron chi connectivity index (χ3n) is 5.81. The van der Waals surface area contributed by atoms with Crippen LogP contribution in [0.2, 0.25) is 0 Å². The Labute approximate surface area is 172 Å². The van der Waals surface area contributed by atoms with Crippen molar-refractivity contribution in [2.75, 3.05) is 82.4 Å². The molecule has 9 heteroatoms. The fourth-order valence-corrected chi connectivity index (χ4v) is 4.01. The van der Waals surface area contributed by atoms with E-state index in [-0.39, 0.29) is 6.03 Å². The van der Waals surface area contributed by atoms with Crippen molar-refractivity contribution in [1.82, 2.24) is 25.1 Å². The van der Waals surface area contributed by atoms with E-state index in [2.05, 4.69) is 33.6 Å². The van der Waals surface area contributed by atoms with Crippen molar-refractivity contribution in [1.29, 1.82) is 0 Å². The summed E-state index contributed by atoms with van der Waals surface area (Å²) in [6.45, 7) is 12.3. The molecule has 29 heavy (non-hydrogen) atoms. The second-order valence-electron chi connectivity index (χ2n) is 7.81. The van der Waals surface area contributed by atoms with Crippen LogP contribution >= 0.6 is 0 Å². The van der Waals surface area contributed by atoms with Crippen LogP contribution in [-0.2, 0) is 17.7 Å². The molecule has 158 valence electrons. The van der Waals surface area contributed by atoms with E-state index in [1.54, 1.807) is 6.08 Å². The van der Waals surface area contributed by atoms with E-state index >= 15 is 0 Å². The molecule has 2 amide bonds. The highest BCUT2D eigenvalue weighted by molar-refractivity contribution is 5.75. The van der Waals surface area contributed by atoms with E-state index < -0.39 is 0 Å². The molecule has 0 saturated carbocycles. The number of piperazine rings is 1. The minimum absolute atomic E-state index is 0.0582. The first kappa shape index (κ1) is 19.9. The van der Waals surface area contributed by atoms with Crippen LogP contribution in [0, 0.1) is 0 Å². The SMILES string of the molecule is C=CCNC(=O)N1CCc2nc(N3CCOCC3)nc(N3CCN(C)CC3)c2C1. The number of urea groups is 1. The van der Waals surface area contributed by atoms with Crippen molar-refractivity contribution in [2.45, 2.75) is 13.0 Å². The second kappa shape index (κ2) is 8.96. The van der Waals surface area contributed by atoms with Gasteiger partial charge >= 0.3 is 6.03 Å². The predicted molar refractivity (Wildman–Crippen MR) is 112 cm³/mol. The Balaban J connectivity index is 1.63. The van der Waals surface area contributed by atoms with Crippen molar-refractivity contribution in [2.24, 2.45) is 0 Å². The van der Waals surface area contributed by atoms with Crippen LogP contribution < -0.4 is 15.1 Å². The molecule has 3 aliphatic rings. The maximum atomic E-state index is 12.5. The fraction of sp³-hybridized carbons (Fsp3) is 0.650. The largest absolute Gasteiger partial charge is 0.378 e. The number of hydrogen-bond donors (Lipinski definition) is 1. The first-order valence-electron chi connectivity index (χ1n) is 10.5. The number of aromatic nitrogens is 2. The number of carbonyl (C=O) groups excluding carboxylic acids is 1. The lowest BCUT2D eigenvalue weighted by Crippen LogP contribution is -2.47. The Hall–Kier alpha value is -2.39. The van der Waals surface area contributed by atoms with Crippen molar-refractivity contribution >= 4 is 17.8 Å². The predicted octanol–water partition coefficient (Wildman–Crippen LogP) is 0.319. The van der Waals surface area contributed by atoms with E-state index in [0.717, 1.165) is 68.7 Å². The molecule has 0 bridgehead atoms. The van der Waals surface area contributed by atoms with Crippen molar-refractivity contribution in [3.63, 3.8) is 0 Å². The number of nitrogens with zero attached hydrogens (tertiary/aromatic N) is 6. The van der Waals surface area contributed by atoms with E-state index in [1.807, 2.05) is 4.90 Å².